The molecule has 0 bridgehead atoms. The fourth-order valence-corrected chi connectivity index (χ4v) is 4.34. The molecule has 2 amide bonds. The van der Waals surface area contributed by atoms with Crippen molar-refractivity contribution in [2.24, 2.45) is 5.92 Å². The molecule has 7 heteroatoms. The van der Waals surface area contributed by atoms with Crippen LogP contribution in [0.1, 0.15) is 62.5 Å². The highest BCUT2D eigenvalue weighted by Crippen LogP contribution is 2.44. The molecule has 1 aliphatic carbocycles. The van der Waals surface area contributed by atoms with Crippen molar-refractivity contribution in [3.8, 4) is 11.1 Å². The Morgan fingerprint density at radius 3 is 2.15 bits per heavy atom. The van der Waals surface area contributed by atoms with E-state index in [0.717, 1.165) is 25.7 Å². The summed E-state index contributed by atoms with van der Waals surface area (Å²) in [5, 5.41) is 14.5. The highest BCUT2D eigenvalue weighted by Gasteiger charge is 2.28. The van der Waals surface area contributed by atoms with Crippen LogP contribution in [0.4, 0.5) is 4.79 Å². The van der Waals surface area contributed by atoms with Crippen molar-refractivity contribution in [2.45, 2.75) is 51.4 Å². The summed E-state index contributed by atoms with van der Waals surface area (Å²) < 4.78 is 5.53. The molecule has 0 aliphatic heterocycles. The van der Waals surface area contributed by atoms with Crippen LogP contribution >= 0.6 is 0 Å². The monoisotopic (exact) mass is 466 g/mol. The molecule has 2 aromatic carbocycles. The first-order chi connectivity index (χ1) is 16.5. The highest BCUT2D eigenvalue weighted by atomic mass is 16.5. The number of nitrogens with one attached hydrogen (secondary N) is 2. The average Bonchev–Trinajstić information content (AvgIpc) is 3.16. The Kier molecular flexibility index (Phi) is 9.50. The molecule has 0 heterocycles. The maximum atomic E-state index is 12.2. The molecule has 3 rings (SSSR count). The molecule has 1 aliphatic rings. The van der Waals surface area contributed by atoms with Gasteiger partial charge in [-0.2, -0.15) is 0 Å². The Morgan fingerprint density at radius 1 is 0.912 bits per heavy atom. The van der Waals surface area contributed by atoms with E-state index in [9.17, 15) is 14.4 Å². The summed E-state index contributed by atoms with van der Waals surface area (Å²) in [6.07, 6.45) is 3.77. The molecule has 0 saturated heterocycles. The maximum Gasteiger partial charge on any atom is 0.407 e. The van der Waals surface area contributed by atoms with Crippen molar-refractivity contribution < 1.29 is 24.2 Å². The smallest absolute Gasteiger partial charge is 0.407 e. The number of fused-ring (bicyclic) bond motifs is 3. The van der Waals surface area contributed by atoms with E-state index < -0.39 is 18.0 Å². The second kappa shape index (κ2) is 12.8. The molecule has 7 nitrogen and oxygen atoms in total. The zero-order valence-electron chi connectivity index (χ0n) is 19.7. The number of amides is 2. The molecule has 0 saturated carbocycles. The first-order valence-corrected chi connectivity index (χ1v) is 12.1. The minimum atomic E-state index is -0.883. The predicted octanol–water partition coefficient (Wildman–Crippen LogP) is 4.70. The van der Waals surface area contributed by atoms with Gasteiger partial charge in [0.15, 0.2) is 0 Å². The van der Waals surface area contributed by atoms with Crippen molar-refractivity contribution in [1.82, 2.24) is 10.6 Å². The minimum Gasteiger partial charge on any atom is -0.481 e. The number of aliphatic carboxylic acids is 1. The molecule has 2 aromatic rings. The van der Waals surface area contributed by atoms with Gasteiger partial charge < -0.3 is 20.5 Å². The van der Waals surface area contributed by atoms with Gasteiger partial charge in [-0.15, -0.1) is 0 Å². The average molecular weight is 467 g/mol. The van der Waals surface area contributed by atoms with Crippen LogP contribution in [0.3, 0.4) is 0 Å². The van der Waals surface area contributed by atoms with Crippen LogP contribution in [0.25, 0.3) is 11.1 Å². The number of unbranched alkanes of at least 4 members (excludes halogenated alkanes) is 3. The van der Waals surface area contributed by atoms with E-state index in [1.54, 1.807) is 6.92 Å². The zero-order chi connectivity index (χ0) is 24.3. The zero-order valence-corrected chi connectivity index (χ0v) is 19.7. The molecule has 34 heavy (non-hydrogen) atoms. The van der Waals surface area contributed by atoms with E-state index in [1.807, 2.05) is 24.3 Å². The lowest BCUT2D eigenvalue weighted by Gasteiger charge is -2.14. The second-order valence-corrected chi connectivity index (χ2v) is 8.66. The van der Waals surface area contributed by atoms with E-state index in [4.69, 9.17) is 9.84 Å². The summed E-state index contributed by atoms with van der Waals surface area (Å²) >= 11 is 0. The van der Waals surface area contributed by atoms with Crippen LogP contribution in [0.5, 0.6) is 0 Å². The van der Waals surface area contributed by atoms with Crippen molar-refractivity contribution in [3.05, 3.63) is 59.7 Å². The lowest BCUT2D eigenvalue weighted by Crippen LogP contribution is -2.32. The summed E-state index contributed by atoms with van der Waals surface area (Å²) in [4.78, 5) is 35.0. The Bertz CT molecular complexity index is 945. The molecule has 1 unspecified atom stereocenters. The van der Waals surface area contributed by atoms with Gasteiger partial charge in [0.05, 0.1) is 5.92 Å². The molecule has 0 spiro atoms. The van der Waals surface area contributed by atoms with Crippen molar-refractivity contribution in [1.29, 1.82) is 0 Å². The molecule has 3 N–H and O–H groups in total. The summed E-state index contributed by atoms with van der Waals surface area (Å²) in [5.74, 6) is -1.48. The van der Waals surface area contributed by atoms with Gasteiger partial charge in [-0.1, -0.05) is 68.3 Å². The van der Waals surface area contributed by atoms with Crippen LogP contribution in [-0.4, -0.2) is 42.8 Å². The summed E-state index contributed by atoms with van der Waals surface area (Å²) in [5.41, 5.74) is 4.78. The third-order valence-corrected chi connectivity index (χ3v) is 6.33. The molecule has 0 radical (unpaired) electrons. The van der Waals surface area contributed by atoms with Gasteiger partial charge in [0, 0.05) is 25.4 Å². The standard InChI is InChI=1S/C27H34N2O5/c1-2-19(26(31)32)17-29-25(30)15-5-3-4-10-16-28-27(33)34-18-24-22-13-8-6-11-20(22)21-12-7-9-14-23(21)24/h6-9,11-14,19,24H,2-5,10,15-18H2,1H3,(H,28,33)(H,29,30)(H,31,32). The Hall–Kier alpha value is -3.35. The van der Waals surface area contributed by atoms with E-state index >= 15 is 0 Å². The second-order valence-electron chi connectivity index (χ2n) is 8.66. The normalized spacial score (nSPS) is 13.0. The number of carbonyl (C=O) groups excluding carboxylic acids is 2. The van der Waals surface area contributed by atoms with Gasteiger partial charge in [0.25, 0.3) is 0 Å². The van der Waals surface area contributed by atoms with Gasteiger partial charge in [-0.3, -0.25) is 9.59 Å². The number of alkyl carbamates (subject to hydrolysis) is 1. The van der Waals surface area contributed by atoms with Crippen molar-refractivity contribution in [3.63, 3.8) is 0 Å². The minimum absolute atomic E-state index is 0.0485. The largest absolute Gasteiger partial charge is 0.481 e. The highest BCUT2D eigenvalue weighted by molar-refractivity contribution is 5.79. The van der Waals surface area contributed by atoms with Crippen molar-refractivity contribution in [2.75, 3.05) is 19.7 Å². The molecule has 182 valence electrons. The Morgan fingerprint density at radius 2 is 1.53 bits per heavy atom. The number of carbonyl (C=O) groups is 3. The van der Waals surface area contributed by atoms with E-state index in [1.165, 1.54) is 22.3 Å². The summed E-state index contributed by atoms with van der Waals surface area (Å²) in [7, 11) is 0. The molecule has 0 fully saturated rings. The first-order valence-electron chi connectivity index (χ1n) is 12.1. The lowest BCUT2D eigenvalue weighted by atomic mass is 9.98. The van der Waals surface area contributed by atoms with E-state index in [0.29, 0.717) is 26.0 Å². The SMILES string of the molecule is CCC(CNC(=O)CCCCCCNC(=O)OCC1c2ccccc2-c2ccccc21)C(=O)O. The summed E-state index contributed by atoms with van der Waals surface area (Å²) in [6, 6.07) is 16.5. The number of carboxylic acids is 1. The van der Waals surface area contributed by atoms with Crippen LogP contribution in [0.15, 0.2) is 48.5 Å². The number of hydrogen-bond donors (Lipinski definition) is 3. The van der Waals surface area contributed by atoms with E-state index in [-0.39, 0.29) is 18.4 Å². The Labute approximate surface area is 200 Å². The summed E-state index contributed by atoms with van der Waals surface area (Å²) in [6.45, 7) is 2.80. The van der Waals surface area contributed by atoms with Gasteiger partial charge in [-0.05, 0) is 41.5 Å². The number of hydrogen-bond acceptors (Lipinski definition) is 4. The lowest BCUT2D eigenvalue weighted by molar-refractivity contribution is -0.141. The van der Waals surface area contributed by atoms with Gasteiger partial charge >= 0.3 is 12.1 Å². The van der Waals surface area contributed by atoms with Gasteiger partial charge in [0.1, 0.15) is 6.61 Å². The number of benzene rings is 2. The fourth-order valence-electron chi connectivity index (χ4n) is 4.34. The van der Waals surface area contributed by atoms with Gasteiger partial charge in [0.2, 0.25) is 5.91 Å². The topological polar surface area (TPSA) is 105 Å². The van der Waals surface area contributed by atoms with Crippen LogP contribution in [0.2, 0.25) is 0 Å². The number of ether oxygens (including phenoxy) is 1. The number of carboxylic acid groups (broad SMARTS) is 1. The van der Waals surface area contributed by atoms with Crippen LogP contribution in [0, 0.1) is 5.92 Å². The first kappa shape index (κ1) is 25.3. The molecular formula is C27H34N2O5. The van der Waals surface area contributed by atoms with Crippen LogP contribution < -0.4 is 10.6 Å². The third kappa shape index (κ3) is 6.83. The quantitative estimate of drug-likeness (QED) is 0.371. The van der Waals surface area contributed by atoms with Crippen molar-refractivity contribution >= 4 is 18.0 Å². The molecule has 1 atom stereocenters. The fraction of sp³-hybridized carbons (Fsp3) is 0.444. The predicted molar refractivity (Wildman–Crippen MR) is 131 cm³/mol. The molecular weight excluding hydrogens is 432 g/mol. The van der Waals surface area contributed by atoms with Crippen LogP contribution in [-0.2, 0) is 14.3 Å². The number of rotatable bonds is 13. The maximum absolute atomic E-state index is 12.2. The third-order valence-electron chi connectivity index (χ3n) is 6.33. The van der Waals surface area contributed by atoms with E-state index in [2.05, 4.69) is 34.9 Å². The Balaban J connectivity index is 1.28. The molecule has 0 aromatic heterocycles. The van der Waals surface area contributed by atoms with Gasteiger partial charge in [-0.25, -0.2) is 4.79 Å².